The minimum absolute atomic E-state index is 0.369. The Labute approximate surface area is 181 Å². The highest BCUT2D eigenvalue weighted by Gasteiger charge is 2.29. The number of hydrogen-bond donors (Lipinski definition) is 4. The zero-order valence-corrected chi connectivity index (χ0v) is 17.8. The normalized spacial score (nSPS) is 21.3. The highest BCUT2D eigenvalue weighted by Crippen LogP contribution is 2.34. The van der Waals surface area contributed by atoms with E-state index in [4.69, 9.17) is 5.84 Å². The van der Waals surface area contributed by atoms with Gasteiger partial charge >= 0.3 is 0 Å². The van der Waals surface area contributed by atoms with Crippen molar-refractivity contribution in [3.63, 3.8) is 0 Å². The minimum atomic E-state index is -0.751. The van der Waals surface area contributed by atoms with E-state index in [0.29, 0.717) is 41.2 Å². The number of piperidine rings is 1. The summed E-state index contributed by atoms with van der Waals surface area (Å²) >= 11 is 0. The maximum absolute atomic E-state index is 14.8. The van der Waals surface area contributed by atoms with E-state index in [1.54, 1.807) is 11.1 Å². The SMILES string of the molecule is C=C(c1cc(N2CCCC(C)(O)C2)ncn1)c1cc(C2=CN(C)NC2)c(F)cc1NN. The minimum Gasteiger partial charge on any atom is -0.388 e. The largest absolute Gasteiger partial charge is 0.388 e. The van der Waals surface area contributed by atoms with E-state index in [-0.39, 0.29) is 5.82 Å². The van der Waals surface area contributed by atoms with Crippen molar-refractivity contribution in [3.05, 3.63) is 59.9 Å². The van der Waals surface area contributed by atoms with Crippen LogP contribution in [0.5, 0.6) is 0 Å². The number of nitrogens with one attached hydrogen (secondary N) is 2. The molecule has 2 aliphatic heterocycles. The number of benzene rings is 1. The van der Waals surface area contributed by atoms with Crippen molar-refractivity contribution < 1.29 is 9.50 Å². The molecular formula is C22H28FN7O. The fourth-order valence-electron chi connectivity index (χ4n) is 4.13. The smallest absolute Gasteiger partial charge is 0.132 e. The van der Waals surface area contributed by atoms with Crippen molar-refractivity contribution in [2.24, 2.45) is 5.84 Å². The molecule has 9 heteroatoms. The number of hydrazine groups is 2. The van der Waals surface area contributed by atoms with E-state index in [1.165, 1.54) is 12.4 Å². The maximum Gasteiger partial charge on any atom is 0.132 e. The van der Waals surface area contributed by atoms with Gasteiger partial charge in [-0.2, -0.15) is 0 Å². The summed E-state index contributed by atoms with van der Waals surface area (Å²) in [6, 6.07) is 4.96. The Morgan fingerprint density at radius 2 is 2.16 bits per heavy atom. The maximum atomic E-state index is 14.8. The standard InChI is InChI=1S/C22H28FN7O/c1-14(19-9-21(26-13-25-19)30-6-4-5-22(2,31)12-30)16-7-17(15-10-27-29(3)11-15)18(23)8-20(16)28-24/h7-9,11,13,27-28,31H,1,4-6,10,12,24H2,2-3H3. The van der Waals surface area contributed by atoms with Crippen molar-refractivity contribution in [1.29, 1.82) is 0 Å². The van der Waals surface area contributed by atoms with Crippen LogP contribution >= 0.6 is 0 Å². The Hall–Kier alpha value is -3.01. The van der Waals surface area contributed by atoms with Crippen molar-refractivity contribution in [2.75, 3.05) is 37.0 Å². The number of hydrogen-bond acceptors (Lipinski definition) is 8. The summed E-state index contributed by atoms with van der Waals surface area (Å²) < 4.78 is 14.8. The Morgan fingerprint density at radius 1 is 1.35 bits per heavy atom. The second-order valence-electron chi connectivity index (χ2n) is 8.38. The monoisotopic (exact) mass is 425 g/mol. The van der Waals surface area contributed by atoms with Gasteiger partial charge in [0.15, 0.2) is 0 Å². The molecule has 1 atom stereocenters. The Balaban J connectivity index is 1.69. The topological polar surface area (TPSA) is 103 Å². The third-order valence-electron chi connectivity index (χ3n) is 5.76. The molecule has 0 amide bonds. The van der Waals surface area contributed by atoms with E-state index in [1.807, 2.05) is 31.1 Å². The molecule has 5 N–H and O–H groups in total. The molecule has 0 spiro atoms. The number of nitrogens with zero attached hydrogens (tertiary/aromatic N) is 4. The molecule has 8 nitrogen and oxygen atoms in total. The second-order valence-corrected chi connectivity index (χ2v) is 8.38. The molecule has 0 radical (unpaired) electrons. The summed E-state index contributed by atoms with van der Waals surface area (Å²) in [4.78, 5) is 10.8. The first kappa shape index (κ1) is 21.2. The highest BCUT2D eigenvalue weighted by molar-refractivity contribution is 5.86. The summed E-state index contributed by atoms with van der Waals surface area (Å²) in [7, 11) is 1.86. The van der Waals surface area contributed by atoms with Gasteiger partial charge in [-0.3, -0.25) is 5.84 Å². The summed E-state index contributed by atoms with van der Waals surface area (Å²) in [6.45, 7) is 7.89. The predicted molar refractivity (Wildman–Crippen MR) is 120 cm³/mol. The molecule has 1 aromatic heterocycles. The van der Waals surface area contributed by atoms with Gasteiger partial charge in [0.1, 0.15) is 18.0 Å². The van der Waals surface area contributed by atoms with Gasteiger partial charge in [0.2, 0.25) is 0 Å². The van der Waals surface area contributed by atoms with Gasteiger partial charge in [0.25, 0.3) is 0 Å². The number of nitrogen functional groups attached to an aromatic ring is 1. The van der Waals surface area contributed by atoms with E-state index in [9.17, 15) is 9.50 Å². The van der Waals surface area contributed by atoms with Gasteiger partial charge in [0.05, 0.1) is 17.0 Å². The van der Waals surface area contributed by atoms with Crippen LogP contribution in [0.25, 0.3) is 11.1 Å². The van der Waals surface area contributed by atoms with Crippen molar-refractivity contribution in [1.82, 2.24) is 20.4 Å². The van der Waals surface area contributed by atoms with Crippen molar-refractivity contribution in [2.45, 2.75) is 25.4 Å². The lowest BCUT2D eigenvalue weighted by Gasteiger charge is -2.37. The number of halogens is 1. The van der Waals surface area contributed by atoms with Crippen LogP contribution < -0.4 is 21.6 Å². The number of aliphatic hydroxyl groups is 1. The summed E-state index contributed by atoms with van der Waals surface area (Å²) in [5.41, 5.74) is 8.54. The zero-order chi connectivity index (χ0) is 22.2. The molecule has 3 heterocycles. The summed E-state index contributed by atoms with van der Waals surface area (Å²) in [6.07, 6.45) is 4.98. The Bertz CT molecular complexity index is 1040. The van der Waals surface area contributed by atoms with Gasteiger partial charge in [0, 0.05) is 55.6 Å². The molecule has 164 valence electrons. The lowest BCUT2D eigenvalue weighted by molar-refractivity contribution is 0.0447. The van der Waals surface area contributed by atoms with E-state index >= 15 is 0 Å². The third-order valence-corrected chi connectivity index (χ3v) is 5.76. The Morgan fingerprint density at radius 3 is 2.84 bits per heavy atom. The lowest BCUT2D eigenvalue weighted by Crippen LogP contribution is -2.46. The first-order valence-electron chi connectivity index (χ1n) is 10.2. The van der Waals surface area contributed by atoms with Crippen LogP contribution in [-0.2, 0) is 0 Å². The van der Waals surface area contributed by atoms with Crippen LogP contribution in [-0.4, -0.2) is 52.4 Å². The van der Waals surface area contributed by atoms with Gasteiger partial charge in [-0.1, -0.05) is 6.58 Å². The fourth-order valence-corrected chi connectivity index (χ4v) is 4.13. The van der Waals surface area contributed by atoms with Crippen LogP contribution in [0, 0.1) is 5.82 Å². The van der Waals surface area contributed by atoms with Crippen LogP contribution in [0.1, 0.15) is 36.6 Å². The second kappa shape index (κ2) is 8.26. The molecule has 0 saturated carbocycles. The molecule has 1 saturated heterocycles. The van der Waals surface area contributed by atoms with Crippen molar-refractivity contribution >= 4 is 22.7 Å². The van der Waals surface area contributed by atoms with Gasteiger partial charge in [-0.25, -0.2) is 19.8 Å². The number of nitrogens with two attached hydrogens (primary N) is 1. The third kappa shape index (κ3) is 4.39. The molecular weight excluding hydrogens is 397 g/mol. The molecule has 1 fully saturated rings. The predicted octanol–water partition coefficient (Wildman–Crippen LogP) is 2.10. The van der Waals surface area contributed by atoms with Crippen LogP contribution in [0.2, 0.25) is 0 Å². The molecule has 0 bridgehead atoms. The molecule has 1 aromatic carbocycles. The van der Waals surface area contributed by atoms with Crippen molar-refractivity contribution in [3.8, 4) is 0 Å². The average Bonchev–Trinajstić information content (AvgIpc) is 3.18. The van der Waals surface area contributed by atoms with E-state index < -0.39 is 5.60 Å². The van der Waals surface area contributed by atoms with E-state index in [2.05, 4.69) is 27.4 Å². The number of anilines is 2. The quantitative estimate of drug-likeness (QED) is 0.427. The van der Waals surface area contributed by atoms with Crippen LogP contribution in [0.4, 0.5) is 15.9 Å². The summed E-state index contributed by atoms with van der Waals surface area (Å²) in [5, 5.41) is 12.2. The molecule has 1 unspecified atom stereocenters. The molecule has 31 heavy (non-hydrogen) atoms. The average molecular weight is 426 g/mol. The van der Waals surface area contributed by atoms with Crippen LogP contribution in [0.3, 0.4) is 0 Å². The van der Waals surface area contributed by atoms with Gasteiger partial charge < -0.3 is 20.4 Å². The van der Waals surface area contributed by atoms with Crippen LogP contribution in [0.15, 0.2) is 37.3 Å². The first-order valence-corrected chi connectivity index (χ1v) is 10.2. The number of aromatic nitrogens is 2. The van der Waals surface area contributed by atoms with E-state index in [0.717, 1.165) is 30.8 Å². The van der Waals surface area contributed by atoms with Gasteiger partial charge in [-0.05, 0) is 37.5 Å². The number of β-amino-alcohol motifs (C(OH)–C–C–N with tert-alkyl or cyclic N) is 1. The zero-order valence-electron chi connectivity index (χ0n) is 17.8. The van der Waals surface area contributed by atoms with Gasteiger partial charge in [-0.15, -0.1) is 0 Å². The fraction of sp³-hybridized carbons (Fsp3) is 0.364. The summed E-state index contributed by atoms with van der Waals surface area (Å²) in [5.74, 6) is 6.03. The number of rotatable bonds is 5. The first-order chi connectivity index (χ1) is 14.8. The molecule has 2 aromatic rings. The highest BCUT2D eigenvalue weighted by atomic mass is 19.1. The molecule has 2 aliphatic rings. The molecule has 4 rings (SSSR count). The lowest BCUT2D eigenvalue weighted by atomic mass is 9.94. The molecule has 0 aliphatic carbocycles. The Kier molecular flexibility index (Phi) is 5.65.